The van der Waals surface area contributed by atoms with E-state index in [9.17, 15) is 14.0 Å². The molecule has 1 atom stereocenters. The van der Waals surface area contributed by atoms with Crippen LogP contribution in [0.1, 0.15) is 5.56 Å². The highest BCUT2D eigenvalue weighted by Crippen LogP contribution is 2.09. The second kappa shape index (κ2) is 6.70. The zero-order valence-electron chi connectivity index (χ0n) is 9.85. The Morgan fingerprint density at radius 3 is 2.67 bits per heavy atom. The molecule has 0 aromatic heterocycles. The van der Waals surface area contributed by atoms with E-state index in [1.807, 2.05) is 0 Å². The molecule has 18 heavy (non-hydrogen) atoms. The minimum atomic E-state index is -1.02. The van der Waals surface area contributed by atoms with E-state index in [1.165, 1.54) is 25.3 Å². The molecule has 98 valence electrons. The Balaban J connectivity index is 2.82. The summed E-state index contributed by atoms with van der Waals surface area (Å²) in [6.45, 7) is -0.745. The van der Waals surface area contributed by atoms with Gasteiger partial charge in [-0.1, -0.05) is 18.2 Å². The number of aliphatic hydroxyl groups is 1. The van der Waals surface area contributed by atoms with E-state index in [4.69, 9.17) is 5.11 Å². The molecule has 0 saturated carbocycles. The van der Waals surface area contributed by atoms with Crippen molar-refractivity contribution in [2.45, 2.75) is 12.5 Å². The average molecular weight is 255 g/mol. The van der Waals surface area contributed by atoms with Crippen LogP contribution in [0.5, 0.6) is 0 Å². The number of aliphatic hydroxyl groups excluding tert-OH is 1. The second-order valence-electron chi connectivity index (χ2n) is 3.60. The van der Waals surface area contributed by atoms with Crippen LogP contribution in [0.15, 0.2) is 24.3 Å². The third kappa shape index (κ3) is 3.81. The molecule has 0 fully saturated rings. The van der Waals surface area contributed by atoms with Gasteiger partial charge in [-0.2, -0.15) is 0 Å². The molecule has 0 heterocycles. The third-order valence-corrected chi connectivity index (χ3v) is 2.35. The largest absolute Gasteiger partial charge is 0.467 e. The number of esters is 1. The van der Waals surface area contributed by atoms with Crippen LogP contribution >= 0.6 is 0 Å². The number of carbonyl (C=O) groups excluding carboxylic acids is 2. The molecule has 0 saturated heterocycles. The van der Waals surface area contributed by atoms with Crippen LogP contribution in [0, 0.1) is 5.82 Å². The van der Waals surface area contributed by atoms with Gasteiger partial charge in [-0.3, -0.25) is 4.79 Å². The fourth-order valence-corrected chi connectivity index (χ4v) is 1.46. The number of carbonyl (C=O) groups is 2. The summed E-state index contributed by atoms with van der Waals surface area (Å²) >= 11 is 0. The van der Waals surface area contributed by atoms with Gasteiger partial charge in [0.2, 0.25) is 5.91 Å². The van der Waals surface area contributed by atoms with Crippen molar-refractivity contribution in [2.24, 2.45) is 0 Å². The van der Waals surface area contributed by atoms with Crippen LogP contribution in [-0.2, 0) is 20.7 Å². The number of nitrogens with one attached hydrogen (secondary N) is 1. The van der Waals surface area contributed by atoms with Crippen molar-refractivity contribution in [3.8, 4) is 0 Å². The van der Waals surface area contributed by atoms with Crippen LogP contribution in [-0.4, -0.2) is 36.7 Å². The third-order valence-electron chi connectivity index (χ3n) is 2.35. The Labute approximate surface area is 104 Å². The molecule has 1 amide bonds. The first-order chi connectivity index (χ1) is 8.58. The number of ether oxygens (including phenoxy) is 1. The van der Waals surface area contributed by atoms with Crippen LogP contribution in [0.25, 0.3) is 0 Å². The summed E-state index contributed by atoms with van der Waals surface area (Å²) in [5.74, 6) is -1.88. The van der Waals surface area contributed by atoms with E-state index >= 15 is 0 Å². The molecule has 1 aromatic carbocycles. The number of methoxy groups -OCH3 is 1. The summed E-state index contributed by atoms with van der Waals surface area (Å²) in [5, 5.41) is 10.9. The summed E-state index contributed by atoms with van der Waals surface area (Å²) in [4.78, 5) is 22.5. The molecule has 0 unspecified atom stereocenters. The normalized spacial score (nSPS) is 11.7. The summed E-state index contributed by atoms with van der Waals surface area (Å²) in [5.41, 5.74) is 0.283. The topological polar surface area (TPSA) is 75.6 Å². The molecular formula is C12H14FNO4. The van der Waals surface area contributed by atoms with E-state index in [0.717, 1.165) is 0 Å². The molecular weight excluding hydrogens is 241 g/mol. The van der Waals surface area contributed by atoms with Crippen LogP contribution in [0.2, 0.25) is 0 Å². The first kappa shape index (κ1) is 14.1. The van der Waals surface area contributed by atoms with Gasteiger partial charge in [0.1, 0.15) is 18.5 Å². The molecule has 0 radical (unpaired) electrons. The van der Waals surface area contributed by atoms with Crippen LogP contribution in [0.4, 0.5) is 4.39 Å². The fraction of sp³-hybridized carbons (Fsp3) is 0.333. The lowest BCUT2D eigenvalue weighted by molar-refractivity contribution is -0.145. The van der Waals surface area contributed by atoms with Crippen molar-refractivity contribution in [2.75, 3.05) is 13.7 Å². The maximum absolute atomic E-state index is 13.4. The molecule has 0 aliphatic heterocycles. The van der Waals surface area contributed by atoms with E-state index in [0.29, 0.717) is 0 Å². The quantitative estimate of drug-likeness (QED) is 0.727. The van der Waals surface area contributed by atoms with Gasteiger partial charge in [0.15, 0.2) is 0 Å². The van der Waals surface area contributed by atoms with E-state index in [1.54, 1.807) is 6.07 Å². The molecule has 2 N–H and O–H groups in total. The van der Waals surface area contributed by atoms with Gasteiger partial charge in [-0.25, -0.2) is 9.18 Å². The van der Waals surface area contributed by atoms with E-state index in [-0.39, 0.29) is 12.0 Å². The number of hydrogen-bond acceptors (Lipinski definition) is 4. The van der Waals surface area contributed by atoms with Gasteiger partial charge < -0.3 is 15.2 Å². The van der Waals surface area contributed by atoms with Crippen molar-refractivity contribution < 1.29 is 23.8 Å². The average Bonchev–Trinajstić information content (AvgIpc) is 2.39. The Morgan fingerprint density at radius 2 is 2.11 bits per heavy atom. The van der Waals surface area contributed by atoms with Crippen molar-refractivity contribution >= 4 is 11.9 Å². The molecule has 0 aliphatic rings. The van der Waals surface area contributed by atoms with Crippen LogP contribution < -0.4 is 5.32 Å². The minimum absolute atomic E-state index is 0.0366. The first-order valence-electron chi connectivity index (χ1n) is 5.30. The van der Waals surface area contributed by atoms with Gasteiger partial charge in [0, 0.05) is 6.42 Å². The Kier molecular flexibility index (Phi) is 5.26. The lowest BCUT2D eigenvalue weighted by Gasteiger charge is -2.16. The van der Waals surface area contributed by atoms with Gasteiger partial charge in [-0.15, -0.1) is 0 Å². The van der Waals surface area contributed by atoms with Gasteiger partial charge in [0.05, 0.1) is 7.11 Å². The molecule has 1 aromatic rings. The zero-order valence-corrected chi connectivity index (χ0v) is 9.85. The van der Waals surface area contributed by atoms with Crippen molar-refractivity contribution in [1.29, 1.82) is 0 Å². The SMILES string of the molecule is COC(=O)[C@H](Cc1ccccc1F)NC(=O)CO. The molecule has 0 spiro atoms. The fourth-order valence-electron chi connectivity index (χ4n) is 1.46. The maximum atomic E-state index is 13.4. The number of halogens is 1. The monoisotopic (exact) mass is 255 g/mol. The maximum Gasteiger partial charge on any atom is 0.328 e. The summed E-state index contributed by atoms with van der Waals surface area (Å²) in [7, 11) is 1.17. The predicted octanol–water partition coefficient (Wildman–Crippen LogP) is 0.0183. The lowest BCUT2D eigenvalue weighted by atomic mass is 10.1. The Morgan fingerprint density at radius 1 is 1.44 bits per heavy atom. The van der Waals surface area contributed by atoms with Gasteiger partial charge in [-0.05, 0) is 11.6 Å². The van der Waals surface area contributed by atoms with Gasteiger partial charge in [0.25, 0.3) is 0 Å². The summed E-state index contributed by atoms with van der Waals surface area (Å²) in [6, 6.07) is 4.90. The highest BCUT2D eigenvalue weighted by Gasteiger charge is 2.22. The molecule has 6 heteroatoms. The predicted molar refractivity (Wildman–Crippen MR) is 61.1 cm³/mol. The highest BCUT2D eigenvalue weighted by atomic mass is 19.1. The zero-order chi connectivity index (χ0) is 13.5. The van der Waals surface area contributed by atoms with Crippen molar-refractivity contribution in [3.63, 3.8) is 0 Å². The van der Waals surface area contributed by atoms with E-state index in [2.05, 4.69) is 10.1 Å². The lowest BCUT2D eigenvalue weighted by Crippen LogP contribution is -2.44. The summed E-state index contributed by atoms with van der Waals surface area (Å²) < 4.78 is 17.9. The summed E-state index contributed by atoms with van der Waals surface area (Å²) in [6.07, 6.45) is -0.0366. The standard InChI is InChI=1S/C12H14FNO4/c1-18-12(17)10(14-11(16)7-15)6-8-4-2-3-5-9(8)13/h2-5,10,15H,6-7H2,1H3,(H,14,16)/t10-/m0/s1. The van der Waals surface area contributed by atoms with Crippen molar-refractivity contribution in [3.05, 3.63) is 35.6 Å². The number of benzene rings is 1. The number of amides is 1. The Bertz CT molecular complexity index is 436. The van der Waals surface area contributed by atoms with Gasteiger partial charge >= 0.3 is 5.97 Å². The van der Waals surface area contributed by atoms with Crippen molar-refractivity contribution in [1.82, 2.24) is 5.32 Å². The van der Waals surface area contributed by atoms with E-state index < -0.39 is 30.3 Å². The number of rotatable bonds is 5. The molecule has 1 rings (SSSR count). The smallest absolute Gasteiger partial charge is 0.328 e. The second-order valence-corrected chi connectivity index (χ2v) is 3.60. The number of hydrogen-bond donors (Lipinski definition) is 2. The molecule has 5 nitrogen and oxygen atoms in total. The first-order valence-corrected chi connectivity index (χ1v) is 5.30. The van der Waals surface area contributed by atoms with Crippen LogP contribution in [0.3, 0.4) is 0 Å². The highest BCUT2D eigenvalue weighted by molar-refractivity contribution is 5.85. The Hall–Kier alpha value is -1.95. The minimum Gasteiger partial charge on any atom is -0.467 e. The molecule has 0 bridgehead atoms. The molecule has 0 aliphatic carbocycles.